The Morgan fingerprint density at radius 1 is 0.778 bits per heavy atom. The van der Waals surface area contributed by atoms with Gasteiger partial charge in [0.1, 0.15) is 5.75 Å². The molecule has 36 heavy (non-hydrogen) atoms. The molecule has 0 radical (unpaired) electrons. The second-order valence-electron chi connectivity index (χ2n) is 9.45. The molecule has 4 rings (SSSR count). The van der Waals surface area contributed by atoms with Crippen LogP contribution in [-0.4, -0.2) is 18.7 Å². The van der Waals surface area contributed by atoms with Gasteiger partial charge < -0.3 is 9.64 Å². The zero-order chi connectivity index (χ0) is 25.4. The molecule has 0 aliphatic heterocycles. The van der Waals surface area contributed by atoms with Crippen LogP contribution in [0, 0.1) is 0 Å². The number of amides is 1. The molecular weight excluding hydrogens is 446 g/mol. The minimum atomic E-state index is -0.318. The highest BCUT2D eigenvalue weighted by Crippen LogP contribution is 2.33. The Kier molecular flexibility index (Phi) is 7.81. The van der Waals surface area contributed by atoms with Gasteiger partial charge in [-0.2, -0.15) is 5.10 Å². The highest BCUT2D eigenvalue weighted by atomic mass is 16.5. The van der Waals surface area contributed by atoms with Crippen LogP contribution in [-0.2, 0) is 10.2 Å². The lowest BCUT2D eigenvalue weighted by Crippen LogP contribution is -2.24. The molecule has 1 N–H and O–H groups in total. The maximum atomic E-state index is 12.1. The van der Waals surface area contributed by atoms with E-state index in [1.807, 2.05) is 84.9 Å². The number of carbonyl (C=O) groups excluding carboxylic acids is 1. The molecule has 4 aromatic rings. The highest BCUT2D eigenvalue weighted by molar-refractivity contribution is 5.84. The standard InChI is InChI=1S/C31H31N3O2/c1-31(2,3)25-16-20-29(21-17-25)36-23-30(35)33-32-22-24-14-18-28(19-15-24)34(26-10-6-4-7-11-26)27-12-8-5-9-13-27/h4-22H,23H2,1-3H3,(H,33,35). The van der Waals surface area contributed by atoms with Crippen LogP contribution in [0.5, 0.6) is 5.75 Å². The average molecular weight is 478 g/mol. The highest BCUT2D eigenvalue weighted by Gasteiger charge is 2.13. The fraction of sp³-hybridized carbons (Fsp3) is 0.161. The second-order valence-corrected chi connectivity index (χ2v) is 9.45. The molecule has 0 aliphatic carbocycles. The Morgan fingerprint density at radius 3 is 1.83 bits per heavy atom. The van der Waals surface area contributed by atoms with E-state index in [-0.39, 0.29) is 17.9 Å². The summed E-state index contributed by atoms with van der Waals surface area (Å²) in [5.41, 5.74) is 7.86. The minimum Gasteiger partial charge on any atom is -0.484 e. The van der Waals surface area contributed by atoms with Gasteiger partial charge in [-0.1, -0.05) is 81.4 Å². The van der Waals surface area contributed by atoms with Crippen LogP contribution in [0.1, 0.15) is 31.9 Å². The van der Waals surface area contributed by atoms with Crippen LogP contribution in [0.4, 0.5) is 17.1 Å². The molecule has 182 valence electrons. The molecule has 0 fully saturated rings. The van der Waals surface area contributed by atoms with Crippen molar-refractivity contribution in [1.29, 1.82) is 0 Å². The van der Waals surface area contributed by atoms with Crippen molar-refractivity contribution in [3.63, 3.8) is 0 Å². The van der Waals surface area contributed by atoms with Crippen LogP contribution in [0.25, 0.3) is 0 Å². The van der Waals surface area contributed by atoms with Gasteiger partial charge in [0.2, 0.25) is 0 Å². The summed E-state index contributed by atoms with van der Waals surface area (Å²) in [5, 5.41) is 4.07. The van der Waals surface area contributed by atoms with Crippen molar-refractivity contribution in [1.82, 2.24) is 5.43 Å². The molecule has 0 unspecified atom stereocenters. The maximum absolute atomic E-state index is 12.1. The number of nitrogens with one attached hydrogen (secondary N) is 1. The molecule has 0 saturated carbocycles. The number of rotatable bonds is 8. The molecule has 0 atom stereocenters. The molecule has 0 spiro atoms. The Bertz CT molecular complexity index is 1240. The van der Waals surface area contributed by atoms with Gasteiger partial charge >= 0.3 is 0 Å². The van der Waals surface area contributed by atoms with Crippen LogP contribution in [0.2, 0.25) is 0 Å². The van der Waals surface area contributed by atoms with Gasteiger partial charge in [-0.3, -0.25) is 4.79 Å². The van der Waals surface area contributed by atoms with E-state index in [4.69, 9.17) is 4.74 Å². The summed E-state index contributed by atoms with van der Waals surface area (Å²) in [5.74, 6) is 0.334. The van der Waals surface area contributed by atoms with Crippen molar-refractivity contribution in [2.24, 2.45) is 5.10 Å². The van der Waals surface area contributed by atoms with Crippen molar-refractivity contribution >= 4 is 29.2 Å². The molecule has 0 heterocycles. The van der Waals surface area contributed by atoms with Gasteiger partial charge in [0.15, 0.2) is 6.61 Å². The van der Waals surface area contributed by atoms with Crippen LogP contribution >= 0.6 is 0 Å². The number of nitrogens with zero attached hydrogens (tertiary/aromatic N) is 2. The first-order valence-electron chi connectivity index (χ1n) is 12.0. The van der Waals surface area contributed by atoms with E-state index >= 15 is 0 Å². The smallest absolute Gasteiger partial charge is 0.277 e. The van der Waals surface area contributed by atoms with Crippen molar-refractivity contribution in [3.8, 4) is 5.75 Å². The van der Waals surface area contributed by atoms with Crippen LogP contribution < -0.4 is 15.1 Å². The van der Waals surface area contributed by atoms with E-state index < -0.39 is 0 Å². The number of ether oxygens (including phenoxy) is 1. The Balaban J connectivity index is 1.35. The van der Waals surface area contributed by atoms with Gasteiger partial charge in [0, 0.05) is 17.1 Å². The van der Waals surface area contributed by atoms with Crippen molar-refractivity contribution in [2.75, 3.05) is 11.5 Å². The second kappa shape index (κ2) is 11.4. The molecule has 1 amide bonds. The number of hydrogen-bond acceptors (Lipinski definition) is 4. The number of carbonyl (C=O) groups is 1. The maximum Gasteiger partial charge on any atom is 0.277 e. The Hall–Kier alpha value is -4.38. The molecule has 5 heteroatoms. The molecule has 0 bridgehead atoms. The third kappa shape index (κ3) is 6.60. The fourth-order valence-electron chi connectivity index (χ4n) is 3.72. The summed E-state index contributed by atoms with van der Waals surface area (Å²) >= 11 is 0. The van der Waals surface area contributed by atoms with Crippen molar-refractivity contribution in [2.45, 2.75) is 26.2 Å². The number of hydrogen-bond donors (Lipinski definition) is 1. The third-order valence-electron chi connectivity index (χ3n) is 5.67. The largest absolute Gasteiger partial charge is 0.484 e. The predicted molar refractivity (Wildman–Crippen MR) is 147 cm³/mol. The van der Waals surface area contributed by atoms with Gasteiger partial charge in [-0.25, -0.2) is 5.43 Å². The summed E-state index contributed by atoms with van der Waals surface area (Å²) in [6.07, 6.45) is 1.62. The van der Waals surface area contributed by atoms with Gasteiger partial charge in [0.25, 0.3) is 5.91 Å². The minimum absolute atomic E-state index is 0.0736. The summed E-state index contributed by atoms with van der Waals surface area (Å²) in [6, 6.07) is 36.3. The van der Waals surface area contributed by atoms with Crippen molar-refractivity contribution in [3.05, 3.63) is 120 Å². The SMILES string of the molecule is CC(C)(C)c1ccc(OCC(=O)NN=Cc2ccc(N(c3ccccc3)c3ccccc3)cc2)cc1. The molecule has 4 aromatic carbocycles. The molecule has 0 aliphatic rings. The van der Waals surface area contributed by atoms with Gasteiger partial charge in [0.05, 0.1) is 6.21 Å². The molecular formula is C31H31N3O2. The normalized spacial score (nSPS) is 11.3. The Labute approximate surface area is 213 Å². The van der Waals surface area contributed by atoms with E-state index in [2.05, 4.69) is 60.5 Å². The van der Waals surface area contributed by atoms with E-state index in [9.17, 15) is 4.79 Å². The van der Waals surface area contributed by atoms with E-state index in [1.54, 1.807) is 6.21 Å². The lowest BCUT2D eigenvalue weighted by Gasteiger charge is -2.25. The molecule has 5 nitrogen and oxygen atoms in total. The topological polar surface area (TPSA) is 53.9 Å². The summed E-state index contributed by atoms with van der Waals surface area (Å²) in [4.78, 5) is 14.3. The summed E-state index contributed by atoms with van der Waals surface area (Å²) in [7, 11) is 0. The molecule has 0 aromatic heterocycles. The van der Waals surface area contributed by atoms with Crippen LogP contribution in [0.15, 0.2) is 114 Å². The zero-order valence-electron chi connectivity index (χ0n) is 20.9. The first-order valence-corrected chi connectivity index (χ1v) is 12.0. The van der Waals surface area contributed by atoms with E-state index in [1.165, 1.54) is 5.56 Å². The Morgan fingerprint density at radius 2 is 1.31 bits per heavy atom. The molecule has 0 saturated heterocycles. The van der Waals surface area contributed by atoms with Gasteiger partial charge in [-0.05, 0) is 65.1 Å². The number of hydrazone groups is 1. The van der Waals surface area contributed by atoms with E-state index in [0.29, 0.717) is 5.75 Å². The van der Waals surface area contributed by atoms with Crippen molar-refractivity contribution < 1.29 is 9.53 Å². The first-order chi connectivity index (χ1) is 17.4. The summed E-state index contributed by atoms with van der Waals surface area (Å²) in [6.45, 7) is 6.37. The quantitative estimate of drug-likeness (QED) is 0.220. The lowest BCUT2D eigenvalue weighted by atomic mass is 9.87. The number of para-hydroxylation sites is 2. The zero-order valence-corrected chi connectivity index (χ0v) is 20.9. The average Bonchev–Trinajstić information content (AvgIpc) is 2.89. The summed E-state index contributed by atoms with van der Waals surface area (Å²) < 4.78 is 5.57. The number of benzene rings is 4. The lowest BCUT2D eigenvalue weighted by molar-refractivity contribution is -0.123. The van der Waals surface area contributed by atoms with Gasteiger partial charge in [-0.15, -0.1) is 0 Å². The first kappa shape index (κ1) is 24.7. The fourth-order valence-corrected chi connectivity index (χ4v) is 3.72. The van der Waals surface area contributed by atoms with E-state index in [0.717, 1.165) is 22.6 Å². The predicted octanol–water partition coefficient (Wildman–Crippen LogP) is 6.98. The van der Waals surface area contributed by atoms with Crippen LogP contribution in [0.3, 0.4) is 0 Å². The number of anilines is 3. The third-order valence-corrected chi connectivity index (χ3v) is 5.67. The monoisotopic (exact) mass is 477 g/mol.